The number of benzene rings is 1. The zero-order chi connectivity index (χ0) is 16.7. The van der Waals surface area contributed by atoms with Crippen LogP contribution in [-0.2, 0) is 4.79 Å². The Morgan fingerprint density at radius 3 is 2.57 bits per heavy atom. The third kappa shape index (κ3) is 5.69. The smallest absolute Gasteiger partial charge is 0.257 e. The zero-order valence-electron chi connectivity index (χ0n) is 12.5. The first kappa shape index (κ1) is 17.5. The fraction of sp³-hybridized carbons (Fsp3) is 0.400. The summed E-state index contributed by atoms with van der Waals surface area (Å²) in [6.45, 7) is -0.177. The second-order valence-corrected chi connectivity index (χ2v) is 6.11. The van der Waals surface area contributed by atoms with Crippen molar-refractivity contribution in [1.82, 2.24) is 21.5 Å². The summed E-state index contributed by atoms with van der Waals surface area (Å²) in [6.07, 6.45) is 4.56. The van der Waals surface area contributed by atoms with E-state index in [1.165, 1.54) is 12.8 Å². The fourth-order valence-corrected chi connectivity index (χ4v) is 2.80. The Bertz CT molecular complexity index is 591. The first-order chi connectivity index (χ1) is 11.1. The molecule has 1 aliphatic carbocycles. The fourth-order valence-electron chi connectivity index (χ4n) is 2.36. The lowest BCUT2D eigenvalue weighted by Gasteiger charge is -2.16. The third-order valence-electron chi connectivity index (χ3n) is 3.53. The van der Waals surface area contributed by atoms with Gasteiger partial charge in [-0.25, -0.2) is 0 Å². The van der Waals surface area contributed by atoms with Gasteiger partial charge in [-0.3, -0.25) is 20.4 Å². The van der Waals surface area contributed by atoms with Gasteiger partial charge in [-0.2, -0.15) is 0 Å². The lowest BCUT2D eigenvalue weighted by Crippen LogP contribution is -2.51. The van der Waals surface area contributed by atoms with Crippen LogP contribution in [0.25, 0.3) is 0 Å². The molecule has 6 nitrogen and oxygen atoms in total. The monoisotopic (exact) mass is 354 g/mol. The molecule has 8 heteroatoms. The summed E-state index contributed by atoms with van der Waals surface area (Å²) < 4.78 is 0. The molecule has 2 amide bonds. The minimum absolute atomic E-state index is 0.177. The van der Waals surface area contributed by atoms with E-state index in [0.717, 1.165) is 12.8 Å². The van der Waals surface area contributed by atoms with E-state index < -0.39 is 11.8 Å². The van der Waals surface area contributed by atoms with Crippen molar-refractivity contribution in [1.29, 1.82) is 0 Å². The van der Waals surface area contributed by atoms with Crippen LogP contribution in [0.1, 0.15) is 36.0 Å². The van der Waals surface area contributed by atoms with E-state index in [1.54, 1.807) is 24.3 Å². The van der Waals surface area contributed by atoms with Gasteiger partial charge in [0.1, 0.15) is 0 Å². The molecule has 0 bridgehead atoms. The van der Waals surface area contributed by atoms with E-state index in [0.29, 0.717) is 21.7 Å². The molecular weight excluding hydrogens is 336 g/mol. The van der Waals surface area contributed by atoms with Gasteiger partial charge in [-0.05, 0) is 37.2 Å². The molecule has 0 unspecified atom stereocenters. The van der Waals surface area contributed by atoms with Gasteiger partial charge in [0.25, 0.3) is 11.8 Å². The summed E-state index contributed by atoms with van der Waals surface area (Å²) in [5, 5.41) is 6.35. The van der Waals surface area contributed by atoms with Crippen LogP contribution in [-0.4, -0.2) is 29.5 Å². The second kappa shape index (κ2) is 8.69. The Kier molecular flexibility index (Phi) is 6.61. The molecule has 1 saturated carbocycles. The summed E-state index contributed by atoms with van der Waals surface area (Å²) in [5.41, 5.74) is 5.39. The van der Waals surface area contributed by atoms with Gasteiger partial charge in [-0.1, -0.05) is 36.6 Å². The van der Waals surface area contributed by atoms with E-state index in [4.69, 9.17) is 23.8 Å². The average molecular weight is 355 g/mol. The van der Waals surface area contributed by atoms with Crippen LogP contribution in [0.3, 0.4) is 0 Å². The first-order valence-electron chi connectivity index (χ1n) is 7.44. The molecule has 2 rings (SSSR count). The standard InChI is InChI=1S/C15H19ClN4O2S/c16-12-8-4-3-7-11(12)14(22)17-9-13(21)19-20-15(23)18-10-5-1-2-6-10/h3-4,7-8,10H,1-2,5-6,9H2,(H,17,22)(H,19,21)(H2,18,20,23). The van der Waals surface area contributed by atoms with Gasteiger partial charge >= 0.3 is 0 Å². The number of hydrogen-bond donors (Lipinski definition) is 4. The van der Waals surface area contributed by atoms with Crippen molar-refractivity contribution in [3.63, 3.8) is 0 Å². The van der Waals surface area contributed by atoms with Crippen molar-refractivity contribution in [2.24, 2.45) is 0 Å². The molecule has 1 aromatic carbocycles. The molecule has 0 spiro atoms. The molecule has 0 radical (unpaired) electrons. The maximum Gasteiger partial charge on any atom is 0.257 e. The molecule has 4 N–H and O–H groups in total. The van der Waals surface area contributed by atoms with Crippen LogP contribution in [0.4, 0.5) is 0 Å². The van der Waals surface area contributed by atoms with Crippen LogP contribution in [0.5, 0.6) is 0 Å². The van der Waals surface area contributed by atoms with Crippen molar-refractivity contribution in [3.8, 4) is 0 Å². The molecule has 0 saturated heterocycles. The number of halogens is 1. The molecule has 0 aromatic heterocycles. The zero-order valence-corrected chi connectivity index (χ0v) is 14.1. The van der Waals surface area contributed by atoms with E-state index in [2.05, 4.69) is 21.5 Å². The van der Waals surface area contributed by atoms with Crippen LogP contribution in [0.15, 0.2) is 24.3 Å². The SMILES string of the molecule is O=C(CNC(=O)c1ccccc1Cl)NNC(=S)NC1CCCC1. The molecule has 23 heavy (non-hydrogen) atoms. The van der Waals surface area contributed by atoms with Gasteiger partial charge < -0.3 is 10.6 Å². The highest BCUT2D eigenvalue weighted by molar-refractivity contribution is 7.80. The minimum Gasteiger partial charge on any atom is -0.359 e. The Hall–Kier alpha value is -1.86. The van der Waals surface area contributed by atoms with E-state index >= 15 is 0 Å². The number of carbonyl (C=O) groups excluding carboxylic acids is 2. The van der Waals surface area contributed by atoms with Crippen LogP contribution in [0, 0.1) is 0 Å². The molecule has 0 aliphatic heterocycles. The largest absolute Gasteiger partial charge is 0.359 e. The number of rotatable bonds is 4. The lowest BCUT2D eigenvalue weighted by molar-refractivity contribution is -0.120. The normalized spacial score (nSPS) is 14.1. The van der Waals surface area contributed by atoms with Crippen molar-refractivity contribution >= 4 is 40.7 Å². The Morgan fingerprint density at radius 1 is 1.17 bits per heavy atom. The number of carbonyl (C=O) groups is 2. The minimum atomic E-state index is -0.405. The lowest BCUT2D eigenvalue weighted by atomic mass is 10.2. The molecule has 0 atom stereocenters. The number of hydrazine groups is 1. The van der Waals surface area contributed by atoms with E-state index in [1.807, 2.05) is 0 Å². The van der Waals surface area contributed by atoms with Crippen LogP contribution >= 0.6 is 23.8 Å². The van der Waals surface area contributed by atoms with E-state index in [9.17, 15) is 9.59 Å². The summed E-state index contributed by atoms with van der Waals surface area (Å²) in [4.78, 5) is 23.6. The van der Waals surface area contributed by atoms with Gasteiger partial charge in [0.15, 0.2) is 5.11 Å². The first-order valence-corrected chi connectivity index (χ1v) is 8.23. The van der Waals surface area contributed by atoms with Crippen LogP contribution in [0.2, 0.25) is 5.02 Å². The maximum absolute atomic E-state index is 11.9. The number of nitrogens with one attached hydrogen (secondary N) is 4. The van der Waals surface area contributed by atoms with Crippen molar-refractivity contribution in [2.45, 2.75) is 31.7 Å². The third-order valence-corrected chi connectivity index (χ3v) is 4.08. The van der Waals surface area contributed by atoms with E-state index in [-0.39, 0.29) is 6.54 Å². The highest BCUT2D eigenvalue weighted by Gasteiger charge is 2.15. The highest BCUT2D eigenvalue weighted by atomic mass is 35.5. The summed E-state index contributed by atoms with van der Waals surface area (Å²) in [5.74, 6) is -0.807. The van der Waals surface area contributed by atoms with Crippen molar-refractivity contribution in [2.75, 3.05) is 6.54 Å². The van der Waals surface area contributed by atoms with Gasteiger partial charge in [-0.15, -0.1) is 0 Å². The average Bonchev–Trinajstić information content (AvgIpc) is 3.04. The van der Waals surface area contributed by atoms with Gasteiger partial charge in [0.2, 0.25) is 0 Å². The molecule has 1 aliphatic rings. The van der Waals surface area contributed by atoms with Crippen molar-refractivity contribution < 1.29 is 9.59 Å². The topological polar surface area (TPSA) is 82.3 Å². The molecule has 0 heterocycles. The molecule has 124 valence electrons. The van der Waals surface area contributed by atoms with Crippen molar-refractivity contribution in [3.05, 3.63) is 34.9 Å². The maximum atomic E-state index is 11.9. The Morgan fingerprint density at radius 2 is 1.87 bits per heavy atom. The second-order valence-electron chi connectivity index (χ2n) is 5.29. The quantitative estimate of drug-likeness (QED) is 0.486. The molecule has 1 fully saturated rings. The highest BCUT2D eigenvalue weighted by Crippen LogP contribution is 2.17. The predicted molar refractivity (Wildman–Crippen MR) is 93.1 cm³/mol. The number of hydrogen-bond acceptors (Lipinski definition) is 3. The Labute approximate surface area is 145 Å². The van der Waals surface area contributed by atoms with Crippen LogP contribution < -0.4 is 21.5 Å². The molecular formula is C15H19ClN4O2S. The molecule has 1 aromatic rings. The predicted octanol–water partition coefficient (Wildman–Crippen LogP) is 1.51. The Balaban J connectivity index is 1.67. The summed E-state index contributed by atoms with van der Waals surface area (Å²) in [6, 6.07) is 7.01. The number of thiocarbonyl (C=S) groups is 1. The van der Waals surface area contributed by atoms with Gasteiger partial charge in [0, 0.05) is 6.04 Å². The summed E-state index contributed by atoms with van der Waals surface area (Å²) in [7, 11) is 0. The van der Waals surface area contributed by atoms with Gasteiger partial charge in [0.05, 0.1) is 17.1 Å². The summed E-state index contributed by atoms with van der Waals surface area (Å²) >= 11 is 11.0. The number of amides is 2.